The first-order valence-electron chi connectivity index (χ1n) is 9.80. The average molecular weight is 427 g/mol. The summed E-state index contributed by atoms with van der Waals surface area (Å²) in [6.45, 7) is 1.93. The summed E-state index contributed by atoms with van der Waals surface area (Å²) in [6, 6.07) is 17.7. The van der Waals surface area contributed by atoms with Gasteiger partial charge in [-0.25, -0.2) is 13.1 Å². The van der Waals surface area contributed by atoms with Crippen molar-refractivity contribution in [2.24, 2.45) is 5.73 Å². The van der Waals surface area contributed by atoms with E-state index < -0.39 is 26.9 Å². The molecule has 6 nitrogen and oxygen atoms in total. The number of carbonyl (C=O) groups is 1. The maximum Gasteiger partial charge on any atom is 0.307 e. The predicted octanol–water partition coefficient (Wildman–Crippen LogP) is 3.30. The minimum absolute atomic E-state index is 0.115. The lowest BCUT2D eigenvalue weighted by atomic mass is 9.94. The number of nitrogens with one attached hydrogen (secondary N) is 1. The average Bonchev–Trinajstić information content (AvgIpc) is 2.74. The number of allylic oxidation sites excluding steroid dienone is 2. The fourth-order valence-corrected chi connectivity index (χ4v) is 4.79. The molecule has 2 unspecified atom stereocenters. The summed E-state index contributed by atoms with van der Waals surface area (Å²) in [4.78, 5) is 10.5. The van der Waals surface area contributed by atoms with E-state index in [1.54, 1.807) is 37.3 Å². The number of benzene rings is 2. The Morgan fingerprint density at radius 1 is 1.13 bits per heavy atom. The number of carbonyl (C=O) groups excluding carboxylic acids is 1. The largest absolute Gasteiger partial charge is 0.466 e. The number of nitrogens with two attached hydrogens (primary N) is 1. The monoisotopic (exact) mass is 426 g/mol. The van der Waals surface area contributed by atoms with Gasteiger partial charge >= 0.3 is 5.97 Å². The number of ether oxygens (including phenoxy) is 1. The molecular weight excluding hydrogens is 400 g/mol. The van der Waals surface area contributed by atoms with Crippen LogP contribution in [-0.2, 0) is 19.6 Å². The zero-order valence-electron chi connectivity index (χ0n) is 16.8. The lowest BCUT2D eigenvalue weighted by Crippen LogP contribution is -2.53. The molecule has 0 aromatic heterocycles. The second-order valence-corrected chi connectivity index (χ2v) is 9.15. The molecule has 2 aromatic rings. The molecule has 158 valence electrons. The van der Waals surface area contributed by atoms with Crippen LogP contribution >= 0.6 is 0 Å². The van der Waals surface area contributed by atoms with Gasteiger partial charge in [0, 0.05) is 6.42 Å². The number of sulfonamides is 1. The molecule has 0 amide bonds. The molecule has 0 bridgehead atoms. The molecule has 1 aliphatic carbocycles. The topological polar surface area (TPSA) is 98.5 Å². The quantitative estimate of drug-likeness (QED) is 0.631. The van der Waals surface area contributed by atoms with Crippen LogP contribution in [0.2, 0.25) is 0 Å². The maximum atomic E-state index is 13.3. The van der Waals surface area contributed by atoms with Crippen molar-refractivity contribution in [1.82, 2.24) is 4.72 Å². The van der Waals surface area contributed by atoms with E-state index in [2.05, 4.69) is 4.72 Å². The van der Waals surface area contributed by atoms with Crippen molar-refractivity contribution in [3.05, 3.63) is 90.0 Å². The Bertz CT molecular complexity index is 1030. The highest BCUT2D eigenvalue weighted by Crippen LogP contribution is 2.33. The van der Waals surface area contributed by atoms with Crippen molar-refractivity contribution in [1.29, 1.82) is 0 Å². The van der Waals surface area contributed by atoms with Gasteiger partial charge in [-0.15, -0.1) is 0 Å². The van der Waals surface area contributed by atoms with Crippen molar-refractivity contribution in [3.8, 4) is 0 Å². The van der Waals surface area contributed by atoms with Gasteiger partial charge in [0.05, 0.1) is 19.1 Å². The van der Waals surface area contributed by atoms with Gasteiger partial charge in [0.25, 0.3) is 0 Å². The van der Waals surface area contributed by atoms with Gasteiger partial charge in [-0.3, -0.25) is 4.79 Å². The Labute approximate surface area is 177 Å². The Morgan fingerprint density at radius 2 is 1.77 bits per heavy atom. The number of hydrogen-bond donors (Lipinski definition) is 2. The SMILES string of the molecule is CCOC(=O)CC(NS(=O)(=O)C1(N)C=CC=C(c2ccccc2)C1)c1ccccc1. The fourth-order valence-electron chi connectivity index (χ4n) is 3.37. The van der Waals surface area contributed by atoms with Gasteiger partial charge < -0.3 is 10.5 Å². The Balaban J connectivity index is 1.86. The third-order valence-electron chi connectivity index (χ3n) is 4.96. The minimum Gasteiger partial charge on any atom is -0.466 e. The van der Waals surface area contributed by atoms with E-state index in [-0.39, 0.29) is 19.4 Å². The fraction of sp³-hybridized carbons (Fsp3) is 0.261. The van der Waals surface area contributed by atoms with E-state index >= 15 is 0 Å². The van der Waals surface area contributed by atoms with E-state index in [4.69, 9.17) is 10.5 Å². The second-order valence-electron chi connectivity index (χ2n) is 7.14. The third kappa shape index (κ3) is 5.05. The van der Waals surface area contributed by atoms with Gasteiger partial charge in [-0.05, 0) is 29.7 Å². The molecule has 2 atom stereocenters. The molecule has 0 aliphatic heterocycles. The molecule has 1 aliphatic rings. The molecule has 2 aromatic carbocycles. The van der Waals surface area contributed by atoms with Crippen LogP contribution in [0.15, 0.2) is 78.9 Å². The standard InChI is InChI=1S/C23H26N2O4S/c1-2-29-22(26)16-21(19-12-7-4-8-13-19)25-30(27,28)23(24)15-9-14-20(17-23)18-10-5-3-6-11-18/h3-15,21,25H,2,16-17,24H2,1H3. The molecule has 7 heteroatoms. The summed E-state index contributed by atoms with van der Waals surface area (Å²) in [7, 11) is -4.04. The summed E-state index contributed by atoms with van der Waals surface area (Å²) in [6.07, 6.45) is 4.99. The molecular formula is C23H26N2O4S. The Kier molecular flexibility index (Phi) is 6.87. The second kappa shape index (κ2) is 9.38. The van der Waals surface area contributed by atoms with Crippen LogP contribution in [0.25, 0.3) is 5.57 Å². The van der Waals surface area contributed by atoms with Gasteiger partial charge in [0.2, 0.25) is 10.0 Å². The zero-order valence-corrected chi connectivity index (χ0v) is 17.6. The highest BCUT2D eigenvalue weighted by molar-refractivity contribution is 7.91. The van der Waals surface area contributed by atoms with E-state index in [9.17, 15) is 13.2 Å². The van der Waals surface area contributed by atoms with E-state index in [1.165, 1.54) is 6.08 Å². The van der Waals surface area contributed by atoms with Crippen LogP contribution in [0.5, 0.6) is 0 Å². The van der Waals surface area contributed by atoms with Crippen LogP contribution in [0, 0.1) is 0 Å². The van der Waals surface area contributed by atoms with E-state index in [0.29, 0.717) is 5.56 Å². The molecule has 0 heterocycles. The van der Waals surface area contributed by atoms with Gasteiger partial charge in [0.1, 0.15) is 0 Å². The first-order valence-corrected chi connectivity index (χ1v) is 11.3. The van der Waals surface area contributed by atoms with Crippen LogP contribution < -0.4 is 10.5 Å². The number of esters is 1. The van der Waals surface area contributed by atoms with Crippen LogP contribution in [0.3, 0.4) is 0 Å². The first kappa shape index (κ1) is 22.0. The van der Waals surface area contributed by atoms with Gasteiger partial charge in [0.15, 0.2) is 4.87 Å². The predicted molar refractivity (Wildman–Crippen MR) is 118 cm³/mol. The lowest BCUT2D eigenvalue weighted by molar-refractivity contribution is -0.143. The van der Waals surface area contributed by atoms with Crippen molar-refractivity contribution >= 4 is 21.6 Å². The van der Waals surface area contributed by atoms with Crippen LogP contribution in [0.1, 0.15) is 36.9 Å². The van der Waals surface area contributed by atoms with Gasteiger partial charge in [-0.2, -0.15) is 0 Å². The number of rotatable bonds is 8. The van der Waals surface area contributed by atoms with Crippen molar-refractivity contribution < 1.29 is 17.9 Å². The van der Waals surface area contributed by atoms with E-state index in [0.717, 1.165) is 11.1 Å². The highest BCUT2D eigenvalue weighted by Gasteiger charge is 2.41. The zero-order chi connectivity index (χ0) is 21.6. The molecule has 0 fully saturated rings. The number of hydrogen-bond acceptors (Lipinski definition) is 5. The first-order chi connectivity index (χ1) is 14.3. The minimum atomic E-state index is -4.04. The van der Waals surface area contributed by atoms with Crippen molar-refractivity contribution in [2.45, 2.75) is 30.7 Å². The van der Waals surface area contributed by atoms with Crippen molar-refractivity contribution in [2.75, 3.05) is 6.61 Å². The summed E-state index contributed by atoms with van der Waals surface area (Å²) in [5.74, 6) is -0.482. The molecule has 30 heavy (non-hydrogen) atoms. The Hall–Kier alpha value is -2.74. The maximum absolute atomic E-state index is 13.3. The van der Waals surface area contributed by atoms with Crippen molar-refractivity contribution in [3.63, 3.8) is 0 Å². The summed E-state index contributed by atoms with van der Waals surface area (Å²) >= 11 is 0. The molecule has 0 radical (unpaired) electrons. The Morgan fingerprint density at radius 3 is 2.40 bits per heavy atom. The van der Waals surface area contributed by atoms with Crippen LogP contribution in [-0.4, -0.2) is 25.9 Å². The molecule has 0 saturated heterocycles. The lowest BCUT2D eigenvalue weighted by Gasteiger charge is -2.31. The molecule has 3 N–H and O–H groups in total. The summed E-state index contributed by atoms with van der Waals surface area (Å²) < 4.78 is 34.4. The van der Waals surface area contributed by atoms with Gasteiger partial charge in [-0.1, -0.05) is 72.8 Å². The normalized spacial score (nSPS) is 19.7. The molecule has 0 spiro atoms. The summed E-state index contributed by atoms with van der Waals surface area (Å²) in [5.41, 5.74) is 8.79. The molecule has 0 saturated carbocycles. The third-order valence-corrected chi connectivity index (χ3v) is 6.84. The van der Waals surface area contributed by atoms with E-state index in [1.807, 2.05) is 42.5 Å². The smallest absolute Gasteiger partial charge is 0.307 e. The van der Waals surface area contributed by atoms with Crippen LogP contribution in [0.4, 0.5) is 0 Å². The summed E-state index contributed by atoms with van der Waals surface area (Å²) in [5, 5.41) is 0. The highest BCUT2D eigenvalue weighted by atomic mass is 32.2. The molecule has 3 rings (SSSR count).